The summed E-state index contributed by atoms with van der Waals surface area (Å²) in [6.07, 6.45) is 1.80. The number of carbonyl (C=O) groups excluding carboxylic acids is 4. The molecule has 0 bridgehead atoms. The van der Waals surface area contributed by atoms with Gasteiger partial charge in [-0.05, 0) is 54.8 Å². The molecule has 5 atom stereocenters. The Labute approximate surface area is 284 Å². The first-order chi connectivity index (χ1) is 23.2. The summed E-state index contributed by atoms with van der Waals surface area (Å²) in [5, 5.41) is 12.6. The van der Waals surface area contributed by atoms with Crippen molar-refractivity contribution in [2.75, 3.05) is 19.6 Å². The normalized spacial score (nSPS) is 24.7. The topological polar surface area (TPSA) is 171 Å². The number of hydrogen-bond donors (Lipinski definition) is 3. The Kier molecular flexibility index (Phi) is 9.36. The maximum absolute atomic E-state index is 14.4. The Morgan fingerprint density at radius 1 is 1.06 bits per heavy atom. The molecule has 0 spiro atoms. The standard InChI is InChI=1S/C33H34F2N5O7PS/c1-19(41)38-12-11-24-8-9-26(32(44)39-17-20(16-36)13-27(39)21-5-3-2-4-6-21)40(24)31(43)25(18-38)37-30(42)29-15-22-14-23(7-10-28(22)49-29)33(34,35)48(45,46)47/h2-7,10,14-15,20,24-27H,8-9,11-13,17-18H2,1H3,(H,37,42)(H2,45,46,47)/t20-,24+,25-,26-,27-/m0/s1. The number of alkyl halides is 2. The van der Waals surface area contributed by atoms with Crippen molar-refractivity contribution in [3.05, 3.63) is 70.6 Å². The number of carbonyl (C=O) groups is 4. The lowest BCUT2D eigenvalue weighted by Crippen LogP contribution is -2.61. The van der Waals surface area contributed by atoms with Crippen LogP contribution in [0.25, 0.3) is 10.1 Å². The van der Waals surface area contributed by atoms with E-state index in [2.05, 4.69) is 11.4 Å². The quantitative estimate of drug-likeness (QED) is 0.323. The molecule has 49 heavy (non-hydrogen) atoms. The van der Waals surface area contributed by atoms with Gasteiger partial charge in [-0.3, -0.25) is 23.7 Å². The van der Waals surface area contributed by atoms with E-state index in [4.69, 9.17) is 9.79 Å². The number of nitrogens with zero attached hydrogens (tertiary/aromatic N) is 4. The molecule has 3 aromatic rings. The molecule has 3 aliphatic rings. The number of nitrogens with one attached hydrogen (secondary N) is 1. The number of hydrogen-bond acceptors (Lipinski definition) is 7. The van der Waals surface area contributed by atoms with Crippen molar-refractivity contribution in [2.24, 2.45) is 5.92 Å². The highest BCUT2D eigenvalue weighted by molar-refractivity contribution is 7.52. The molecule has 3 fully saturated rings. The number of likely N-dealkylation sites (tertiary alicyclic amines) is 1. The van der Waals surface area contributed by atoms with Crippen LogP contribution in [0.1, 0.15) is 59.4 Å². The zero-order chi connectivity index (χ0) is 35.2. The maximum Gasteiger partial charge on any atom is 0.399 e. The van der Waals surface area contributed by atoms with Crippen molar-refractivity contribution in [1.29, 1.82) is 5.26 Å². The summed E-state index contributed by atoms with van der Waals surface area (Å²) in [5.41, 5.74) is -4.45. The van der Waals surface area contributed by atoms with E-state index in [0.29, 0.717) is 36.9 Å². The Morgan fingerprint density at radius 3 is 2.47 bits per heavy atom. The highest BCUT2D eigenvalue weighted by Gasteiger charge is 2.51. The summed E-state index contributed by atoms with van der Waals surface area (Å²) in [5.74, 6) is -2.19. The average Bonchev–Trinajstić information content (AvgIpc) is 3.81. The van der Waals surface area contributed by atoms with Crippen LogP contribution in [-0.2, 0) is 24.6 Å². The van der Waals surface area contributed by atoms with Crippen LogP contribution in [0.15, 0.2) is 54.6 Å². The van der Waals surface area contributed by atoms with Crippen LogP contribution in [0, 0.1) is 17.2 Å². The van der Waals surface area contributed by atoms with Gasteiger partial charge >= 0.3 is 13.3 Å². The van der Waals surface area contributed by atoms with Gasteiger partial charge in [-0.25, -0.2) is 0 Å². The van der Waals surface area contributed by atoms with Crippen molar-refractivity contribution in [3.63, 3.8) is 0 Å². The van der Waals surface area contributed by atoms with Crippen LogP contribution >= 0.6 is 18.9 Å². The van der Waals surface area contributed by atoms with Gasteiger partial charge < -0.3 is 29.8 Å². The molecular weight excluding hydrogens is 679 g/mol. The molecule has 0 saturated carbocycles. The predicted molar refractivity (Wildman–Crippen MR) is 174 cm³/mol. The number of rotatable bonds is 6. The van der Waals surface area contributed by atoms with Crippen molar-refractivity contribution >= 4 is 52.6 Å². The summed E-state index contributed by atoms with van der Waals surface area (Å²) >= 11 is 0.937. The summed E-state index contributed by atoms with van der Waals surface area (Å²) in [6.45, 7) is 1.73. The van der Waals surface area contributed by atoms with E-state index < -0.39 is 42.7 Å². The number of nitriles is 1. The maximum atomic E-state index is 14.4. The SMILES string of the molecule is CC(=O)N1CC[C@H]2CC[C@@H](C(=O)N3C[C@H](C#N)C[C@H]3c3ccccc3)N2C(=O)[C@@H](NC(=O)c2cc3cc(C(F)(F)P(=O)(O)O)ccc3s2)C1. The minimum absolute atomic E-state index is 0.0480. The fourth-order valence-corrected chi connectivity index (χ4v) is 8.53. The Bertz CT molecular complexity index is 1900. The second-order valence-electron chi connectivity index (χ2n) is 12.7. The minimum atomic E-state index is -5.81. The first kappa shape index (κ1) is 34.6. The van der Waals surface area contributed by atoms with E-state index in [1.165, 1.54) is 28.9 Å². The summed E-state index contributed by atoms with van der Waals surface area (Å²) in [6, 6.07) is 13.2. The van der Waals surface area contributed by atoms with Gasteiger partial charge in [0.2, 0.25) is 17.7 Å². The third-order valence-corrected chi connectivity index (χ3v) is 11.7. The molecule has 6 rings (SSSR count). The van der Waals surface area contributed by atoms with E-state index in [-0.39, 0.29) is 53.2 Å². The minimum Gasteiger partial charge on any atom is -0.340 e. The molecule has 2 aromatic carbocycles. The van der Waals surface area contributed by atoms with Crippen molar-refractivity contribution in [2.45, 2.75) is 62.4 Å². The first-order valence-corrected chi connectivity index (χ1v) is 18.2. The Balaban J connectivity index is 1.27. The number of amides is 4. The number of benzene rings is 2. The highest BCUT2D eigenvalue weighted by Crippen LogP contribution is 2.59. The van der Waals surface area contributed by atoms with Gasteiger partial charge in [0.15, 0.2) is 0 Å². The molecule has 258 valence electrons. The molecular formula is C33H34F2N5O7PS. The smallest absolute Gasteiger partial charge is 0.340 e. The first-order valence-electron chi connectivity index (χ1n) is 15.8. The molecule has 4 amide bonds. The molecule has 0 radical (unpaired) electrons. The molecule has 0 aliphatic carbocycles. The average molecular weight is 714 g/mol. The van der Waals surface area contributed by atoms with Crippen molar-refractivity contribution in [1.82, 2.24) is 20.0 Å². The third-order valence-electron chi connectivity index (χ3n) is 9.63. The number of fused-ring (bicyclic) bond motifs is 2. The fourth-order valence-electron chi connectivity index (χ4n) is 7.11. The molecule has 1 aromatic heterocycles. The van der Waals surface area contributed by atoms with Crippen LogP contribution in [0.5, 0.6) is 0 Å². The second-order valence-corrected chi connectivity index (χ2v) is 15.4. The van der Waals surface area contributed by atoms with Crippen molar-refractivity contribution < 1.29 is 42.3 Å². The molecule has 3 N–H and O–H groups in total. The number of halogens is 2. The van der Waals surface area contributed by atoms with E-state index in [1.54, 1.807) is 4.90 Å². The fraction of sp³-hybridized carbons (Fsp3) is 0.424. The largest absolute Gasteiger partial charge is 0.399 e. The monoisotopic (exact) mass is 713 g/mol. The van der Waals surface area contributed by atoms with Gasteiger partial charge in [0.25, 0.3) is 5.91 Å². The van der Waals surface area contributed by atoms with Crippen LogP contribution in [-0.4, -0.2) is 85.9 Å². The van der Waals surface area contributed by atoms with Gasteiger partial charge in [-0.2, -0.15) is 14.0 Å². The van der Waals surface area contributed by atoms with Gasteiger partial charge in [0.1, 0.15) is 12.1 Å². The molecule has 12 nitrogen and oxygen atoms in total. The lowest BCUT2D eigenvalue weighted by molar-refractivity contribution is -0.149. The summed E-state index contributed by atoms with van der Waals surface area (Å²) in [4.78, 5) is 77.7. The second kappa shape index (κ2) is 13.2. The van der Waals surface area contributed by atoms with E-state index in [1.807, 2.05) is 30.3 Å². The molecule has 16 heteroatoms. The van der Waals surface area contributed by atoms with E-state index in [9.17, 15) is 37.8 Å². The van der Waals surface area contributed by atoms with Crippen LogP contribution in [0.4, 0.5) is 8.78 Å². The Hall–Kier alpha value is -4.22. The molecule has 4 heterocycles. The zero-order valence-corrected chi connectivity index (χ0v) is 28.1. The van der Waals surface area contributed by atoms with E-state index in [0.717, 1.165) is 29.0 Å². The molecule has 3 aliphatic heterocycles. The molecule has 0 unspecified atom stereocenters. The zero-order valence-electron chi connectivity index (χ0n) is 26.4. The lowest BCUT2D eigenvalue weighted by atomic mass is 10.0. The number of thiophene rings is 1. The van der Waals surface area contributed by atoms with Gasteiger partial charge in [-0.15, -0.1) is 11.3 Å². The van der Waals surface area contributed by atoms with E-state index >= 15 is 0 Å². The summed E-state index contributed by atoms with van der Waals surface area (Å²) in [7, 11) is -5.81. The molecule has 3 saturated heterocycles. The van der Waals surface area contributed by atoms with Crippen molar-refractivity contribution in [3.8, 4) is 6.07 Å². The third kappa shape index (κ3) is 6.58. The van der Waals surface area contributed by atoms with Crippen LogP contribution in [0.3, 0.4) is 0 Å². The van der Waals surface area contributed by atoms with Crippen LogP contribution in [0.2, 0.25) is 0 Å². The van der Waals surface area contributed by atoms with Gasteiger partial charge in [-0.1, -0.05) is 36.4 Å². The summed E-state index contributed by atoms with van der Waals surface area (Å²) < 4.78 is 40.5. The van der Waals surface area contributed by atoms with Gasteiger partial charge in [0, 0.05) is 42.9 Å². The lowest BCUT2D eigenvalue weighted by Gasteiger charge is -2.39. The Morgan fingerprint density at radius 2 is 1.80 bits per heavy atom. The van der Waals surface area contributed by atoms with Gasteiger partial charge in [0.05, 0.1) is 22.9 Å². The highest BCUT2D eigenvalue weighted by atomic mass is 32.1. The predicted octanol–water partition coefficient (Wildman–Crippen LogP) is 3.95. The van der Waals surface area contributed by atoms with Crippen LogP contribution < -0.4 is 5.32 Å².